The lowest BCUT2D eigenvalue weighted by atomic mass is 10.1. The van der Waals surface area contributed by atoms with Crippen LogP contribution in [0.2, 0.25) is 5.02 Å². The smallest absolute Gasteiger partial charge is 0.323 e. The van der Waals surface area contributed by atoms with E-state index in [1.807, 2.05) is 25.1 Å². The molecule has 0 radical (unpaired) electrons. The van der Waals surface area contributed by atoms with E-state index in [9.17, 15) is 9.90 Å². The number of carbonyl (C=O) groups is 1. The van der Waals surface area contributed by atoms with Gasteiger partial charge in [-0.25, -0.2) is 9.48 Å². The van der Waals surface area contributed by atoms with Crippen LogP contribution in [0.15, 0.2) is 30.3 Å². The number of aliphatic hydroxyl groups is 1. The molecule has 0 unspecified atom stereocenters. The van der Waals surface area contributed by atoms with Crippen molar-refractivity contribution in [2.45, 2.75) is 25.9 Å². The number of rotatable bonds is 2. The van der Waals surface area contributed by atoms with Gasteiger partial charge in [0.1, 0.15) is 0 Å². The molecule has 6 nitrogen and oxygen atoms in total. The third-order valence-electron chi connectivity index (χ3n) is 3.86. The Morgan fingerprint density at radius 3 is 3.00 bits per heavy atom. The van der Waals surface area contributed by atoms with E-state index in [2.05, 4.69) is 10.4 Å². The highest BCUT2D eigenvalue weighted by Crippen LogP contribution is 2.19. The molecule has 0 bridgehead atoms. The van der Waals surface area contributed by atoms with Crippen LogP contribution in [-0.4, -0.2) is 45.0 Å². The molecule has 23 heavy (non-hydrogen) atoms. The lowest BCUT2D eigenvalue weighted by molar-refractivity contribution is 0.0883. The molecular weight excluding hydrogens is 316 g/mol. The lowest BCUT2D eigenvalue weighted by Gasteiger charge is -2.29. The summed E-state index contributed by atoms with van der Waals surface area (Å²) in [5, 5.41) is 17.5. The standard InChI is InChI=1S/C16H19ClN4O2/c1-11-8-15(18-16(23)20-7-3-6-14(22)10-20)19-21(11)13-5-2-4-12(17)9-13/h2,4-5,8-9,14,22H,3,6-7,10H2,1H3,(H,18,19,23)/t14-/m1/s1. The number of amides is 2. The van der Waals surface area contributed by atoms with Gasteiger partial charge in [0.15, 0.2) is 5.82 Å². The normalized spacial score (nSPS) is 18.0. The van der Waals surface area contributed by atoms with E-state index in [1.165, 1.54) is 0 Å². The molecule has 122 valence electrons. The van der Waals surface area contributed by atoms with Crippen LogP contribution in [0.3, 0.4) is 0 Å². The number of urea groups is 1. The Hall–Kier alpha value is -2.05. The van der Waals surface area contributed by atoms with Crippen molar-refractivity contribution in [3.05, 3.63) is 41.0 Å². The second-order valence-electron chi connectivity index (χ2n) is 5.73. The topological polar surface area (TPSA) is 70.4 Å². The van der Waals surface area contributed by atoms with Gasteiger partial charge in [-0.1, -0.05) is 17.7 Å². The van der Waals surface area contributed by atoms with E-state index >= 15 is 0 Å². The fraction of sp³-hybridized carbons (Fsp3) is 0.375. The van der Waals surface area contributed by atoms with Crippen molar-refractivity contribution in [2.24, 2.45) is 0 Å². The van der Waals surface area contributed by atoms with E-state index in [4.69, 9.17) is 11.6 Å². The Labute approximate surface area is 139 Å². The van der Waals surface area contributed by atoms with Gasteiger partial charge in [-0.15, -0.1) is 5.10 Å². The molecule has 2 N–H and O–H groups in total. The first-order valence-corrected chi connectivity index (χ1v) is 7.97. The molecule has 3 rings (SSSR count). The number of nitrogens with zero attached hydrogens (tertiary/aromatic N) is 3. The average molecular weight is 335 g/mol. The van der Waals surface area contributed by atoms with Crippen molar-refractivity contribution in [3.8, 4) is 5.69 Å². The molecule has 1 aliphatic heterocycles. The van der Waals surface area contributed by atoms with Gasteiger partial charge in [0, 0.05) is 29.9 Å². The number of aliphatic hydroxyl groups excluding tert-OH is 1. The van der Waals surface area contributed by atoms with Crippen LogP contribution in [-0.2, 0) is 0 Å². The van der Waals surface area contributed by atoms with Crippen molar-refractivity contribution < 1.29 is 9.90 Å². The Kier molecular flexibility index (Phi) is 4.54. The van der Waals surface area contributed by atoms with Gasteiger partial charge in [-0.3, -0.25) is 5.32 Å². The number of hydrogen-bond acceptors (Lipinski definition) is 3. The first-order valence-electron chi connectivity index (χ1n) is 7.59. The summed E-state index contributed by atoms with van der Waals surface area (Å²) in [4.78, 5) is 13.9. The van der Waals surface area contributed by atoms with Gasteiger partial charge in [-0.05, 0) is 38.0 Å². The molecule has 0 saturated carbocycles. The summed E-state index contributed by atoms with van der Waals surface area (Å²) in [5.74, 6) is 0.479. The van der Waals surface area contributed by atoms with Crippen molar-refractivity contribution in [3.63, 3.8) is 0 Å². The monoisotopic (exact) mass is 334 g/mol. The third-order valence-corrected chi connectivity index (χ3v) is 4.09. The number of aromatic nitrogens is 2. The minimum atomic E-state index is -0.444. The van der Waals surface area contributed by atoms with Gasteiger partial charge in [0.05, 0.1) is 11.8 Å². The summed E-state index contributed by atoms with van der Waals surface area (Å²) < 4.78 is 1.73. The Morgan fingerprint density at radius 1 is 1.43 bits per heavy atom. The number of halogens is 1. The second kappa shape index (κ2) is 6.60. The summed E-state index contributed by atoms with van der Waals surface area (Å²) in [7, 11) is 0. The van der Waals surface area contributed by atoms with Crippen molar-refractivity contribution >= 4 is 23.4 Å². The highest BCUT2D eigenvalue weighted by Gasteiger charge is 2.22. The number of hydrogen-bond donors (Lipinski definition) is 2. The van der Waals surface area contributed by atoms with Crippen molar-refractivity contribution in [1.82, 2.24) is 14.7 Å². The predicted molar refractivity (Wildman–Crippen MR) is 89.1 cm³/mol. The zero-order valence-corrected chi connectivity index (χ0v) is 13.6. The highest BCUT2D eigenvalue weighted by molar-refractivity contribution is 6.30. The zero-order chi connectivity index (χ0) is 16.4. The largest absolute Gasteiger partial charge is 0.391 e. The van der Waals surface area contributed by atoms with E-state index in [0.717, 1.165) is 24.2 Å². The van der Waals surface area contributed by atoms with Gasteiger partial charge in [0.2, 0.25) is 0 Å². The van der Waals surface area contributed by atoms with Crippen molar-refractivity contribution in [1.29, 1.82) is 0 Å². The summed E-state index contributed by atoms with van der Waals surface area (Å²) in [6.45, 7) is 2.92. The maximum atomic E-state index is 12.3. The number of aryl methyl sites for hydroxylation is 1. The van der Waals surface area contributed by atoms with E-state index in [-0.39, 0.29) is 6.03 Å². The molecule has 1 aromatic heterocycles. The van der Waals surface area contributed by atoms with Gasteiger partial charge < -0.3 is 10.0 Å². The quantitative estimate of drug-likeness (QED) is 0.887. The van der Waals surface area contributed by atoms with Crippen molar-refractivity contribution in [2.75, 3.05) is 18.4 Å². The Balaban J connectivity index is 1.74. The summed E-state index contributed by atoms with van der Waals surface area (Å²) in [5.41, 5.74) is 1.73. The fourth-order valence-corrected chi connectivity index (χ4v) is 2.92. The number of likely N-dealkylation sites (tertiary alicyclic amines) is 1. The predicted octanol–water partition coefficient (Wildman–Crippen LogP) is 2.82. The zero-order valence-electron chi connectivity index (χ0n) is 12.9. The van der Waals surface area contributed by atoms with E-state index in [1.54, 1.807) is 21.7 Å². The molecule has 2 aromatic rings. The maximum absolute atomic E-state index is 12.3. The molecule has 0 spiro atoms. The number of nitrogens with one attached hydrogen (secondary N) is 1. The van der Waals surface area contributed by atoms with Crippen LogP contribution in [0, 0.1) is 6.92 Å². The van der Waals surface area contributed by atoms with Gasteiger partial charge in [-0.2, -0.15) is 0 Å². The number of piperidine rings is 1. The minimum absolute atomic E-state index is 0.237. The third kappa shape index (κ3) is 3.65. The molecule has 7 heteroatoms. The van der Waals surface area contributed by atoms with E-state index in [0.29, 0.717) is 23.9 Å². The second-order valence-corrected chi connectivity index (χ2v) is 6.17. The fourth-order valence-electron chi connectivity index (χ4n) is 2.73. The summed E-state index contributed by atoms with van der Waals surface area (Å²) in [6, 6.07) is 8.94. The molecule has 1 aliphatic rings. The molecular formula is C16H19ClN4O2. The average Bonchev–Trinajstić information content (AvgIpc) is 2.88. The number of benzene rings is 1. The minimum Gasteiger partial charge on any atom is -0.391 e. The van der Waals surface area contributed by atoms with Gasteiger partial charge in [0.25, 0.3) is 0 Å². The summed E-state index contributed by atoms with van der Waals surface area (Å²) in [6.07, 6.45) is 1.11. The molecule has 0 aliphatic carbocycles. The van der Waals surface area contributed by atoms with Crippen LogP contribution in [0.1, 0.15) is 18.5 Å². The number of β-amino-alcohol motifs (C(OH)–C–C–N with tert-alkyl or cyclic N) is 1. The highest BCUT2D eigenvalue weighted by atomic mass is 35.5. The number of anilines is 1. The summed E-state index contributed by atoms with van der Waals surface area (Å²) >= 11 is 6.01. The SMILES string of the molecule is Cc1cc(NC(=O)N2CCC[C@@H](O)C2)nn1-c1cccc(Cl)c1. The molecule has 2 heterocycles. The number of carbonyl (C=O) groups excluding carboxylic acids is 1. The molecule has 1 fully saturated rings. The molecule has 2 amide bonds. The molecule has 1 saturated heterocycles. The molecule has 1 aromatic carbocycles. The Morgan fingerprint density at radius 2 is 2.26 bits per heavy atom. The first kappa shape index (κ1) is 15.8. The van der Waals surface area contributed by atoms with E-state index < -0.39 is 6.10 Å². The maximum Gasteiger partial charge on any atom is 0.323 e. The lowest BCUT2D eigenvalue weighted by Crippen LogP contribution is -2.44. The van der Waals surface area contributed by atoms with Crippen LogP contribution >= 0.6 is 11.6 Å². The van der Waals surface area contributed by atoms with Crippen LogP contribution in [0.4, 0.5) is 10.6 Å². The molecule has 1 atom stereocenters. The first-order chi connectivity index (χ1) is 11.0. The van der Waals surface area contributed by atoms with Crippen LogP contribution in [0.25, 0.3) is 5.69 Å². The van der Waals surface area contributed by atoms with Crippen LogP contribution < -0.4 is 5.32 Å². The van der Waals surface area contributed by atoms with Crippen LogP contribution in [0.5, 0.6) is 0 Å². The Bertz CT molecular complexity index is 716. The van der Waals surface area contributed by atoms with Gasteiger partial charge >= 0.3 is 6.03 Å².